The van der Waals surface area contributed by atoms with Crippen LogP contribution in [0.4, 0.5) is 0 Å². The van der Waals surface area contributed by atoms with Gasteiger partial charge in [0.2, 0.25) is 0 Å². The molecule has 8 nitrogen and oxygen atoms in total. The number of nitrogens with zero attached hydrogens (tertiary/aromatic N) is 4. The smallest absolute Gasteiger partial charge is 0.155 e. The standard InChI is InChI=1S/C28H42N6O2/c1-18(2)30-27(31-21(6)29)25-17-34-14-15-35-26-16-23(9-10-24(26)28(34)32-25)36-20(5)22-8-7-12-33(13-11-22)19(3)4/h9-10,16-20,22H,7-8,11-15H2,1-6H3,(H2,29,30,31). The molecule has 0 amide bonds. The number of fused-ring (bicyclic) bond motifs is 3. The van der Waals surface area contributed by atoms with Crippen LogP contribution in [0.5, 0.6) is 11.5 Å². The van der Waals surface area contributed by atoms with E-state index in [4.69, 9.17) is 19.9 Å². The number of rotatable bonds is 6. The molecule has 2 atom stereocenters. The summed E-state index contributed by atoms with van der Waals surface area (Å²) in [5.74, 6) is 3.89. The lowest BCUT2D eigenvalue weighted by molar-refractivity contribution is 0.136. The molecule has 8 heteroatoms. The summed E-state index contributed by atoms with van der Waals surface area (Å²) in [6, 6.07) is 6.88. The highest BCUT2D eigenvalue weighted by Crippen LogP contribution is 2.36. The predicted octanol–water partition coefficient (Wildman–Crippen LogP) is 4.96. The lowest BCUT2D eigenvalue weighted by Gasteiger charge is -2.26. The van der Waals surface area contributed by atoms with Crippen molar-refractivity contribution in [3.8, 4) is 22.9 Å². The highest BCUT2D eigenvalue weighted by atomic mass is 16.5. The zero-order valence-corrected chi connectivity index (χ0v) is 22.7. The summed E-state index contributed by atoms with van der Waals surface area (Å²) in [5.41, 5.74) is 1.67. The number of nitrogens with one attached hydrogen (secondary N) is 2. The Kier molecular flexibility index (Phi) is 8.34. The van der Waals surface area contributed by atoms with Crippen LogP contribution >= 0.6 is 0 Å². The van der Waals surface area contributed by atoms with Crippen LogP contribution in [0.15, 0.2) is 29.4 Å². The Morgan fingerprint density at radius 1 is 1.17 bits per heavy atom. The third kappa shape index (κ3) is 6.27. The summed E-state index contributed by atoms with van der Waals surface area (Å²) in [4.78, 5) is 11.9. The molecule has 0 saturated carbocycles. The molecule has 2 aliphatic heterocycles. The van der Waals surface area contributed by atoms with E-state index in [0.29, 0.717) is 30.9 Å². The van der Waals surface area contributed by atoms with Gasteiger partial charge in [-0.2, -0.15) is 0 Å². The molecule has 2 aliphatic rings. The predicted molar refractivity (Wildman–Crippen MR) is 146 cm³/mol. The number of hydrogen-bond acceptors (Lipinski definition) is 5. The first-order chi connectivity index (χ1) is 17.2. The number of hydrogen-bond donors (Lipinski definition) is 2. The zero-order valence-electron chi connectivity index (χ0n) is 22.7. The average Bonchev–Trinajstić information content (AvgIpc) is 2.97. The van der Waals surface area contributed by atoms with Crippen LogP contribution in [-0.2, 0) is 6.54 Å². The van der Waals surface area contributed by atoms with Crippen LogP contribution in [0.25, 0.3) is 11.4 Å². The fraction of sp³-hybridized carbons (Fsp3) is 0.607. The fourth-order valence-electron chi connectivity index (χ4n) is 5.10. The van der Waals surface area contributed by atoms with Crippen LogP contribution in [0, 0.1) is 11.3 Å². The molecule has 1 fully saturated rings. The lowest BCUT2D eigenvalue weighted by atomic mass is 9.95. The molecule has 2 aromatic rings. The number of ether oxygens (including phenoxy) is 2. The molecule has 4 rings (SSSR count). The Balaban J connectivity index is 1.53. The Morgan fingerprint density at radius 3 is 2.69 bits per heavy atom. The molecular formula is C28H42N6O2. The van der Waals surface area contributed by atoms with E-state index in [0.717, 1.165) is 35.1 Å². The van der Waals surface area contributed by atoms with E-state index in [9.17, 15) is 0 Å². The van der Waals surface area contributed by atoms with E-state index in [1.807, 2.05) is 24.4 Å². The van der Waals surface area contributed by atoms with E-state index in [1.165, 1.54) is 25.8 Å². The normalized spacial score (nSPS) is 19.7. The summed E-state index contributed by atoms with van der Waals surface area (Å²) in [6.07, 6.45) is 5.74. The number of aliphatic imine (C=N–C) groups is 1. The second-order valence-electron chi connectivity index (χ2n) is 10.6. The fourth-order valence-corrected chi connectivity index (χ4v) is 5.10. The van der Waals surface area contributed by atoms with E-state index in [-0.39, 0.29) is 18.0 Å². The largest absolute Gasteiger partial charge is 0.491 e. The van der Waals surface area contributed by atoms with Gasteiger partial charge in [0.05, 0.1) is 18.2 Å². The average molecular weight is 495 g/mol. The third-order valence-corrected chi connectivity index (χ3v) is 7.03. The summed E-state index contributed by atoms with van der Waals surface area (Å²) >= 11 is 0. The maximum absolute atomic E-state index is 7.83. The van der Waals surface area contributed by atoms with Gasteiger partial charge in [0.1, 0.15) is 35.5 Å². The molecule has 2 N–H and O–H groups in total. The monoisotopic (exact) mass is 494 g/mol. The van der Waals surface area contributed by atoms with Crippen molar-refractivity contribution in [3.05, 3.63) is 30.1 Å². The van der Waals surface area contributed by atoms with Crippen molar-refractivity contribution in [3.63, 3.8) is 0 Å². The van der Waals surface area contributed by atoms with E-state index < -0.39 is 0 Å². The van der Waals surface area contributed by atoms with Gasteiger partial charge in [-0.25, -0.2) is 9.98 Å². The molecule has 1 aromatic heterocycles. The van der Waals surface area contributed by atoms with Crippen molar-refractivity contribution in [2.24, 2.45) is 10.9 Å². The number of benzene rings is 1. The van der Waals surface area contributed by atoms with Gasteiger partial charge in [-0.05, 0) is 91.9 Å². The van der Waals surface area contributed by atoms with E-state index in [2.05, 4.69) is 54.4 Å². The van der Waals surface area contributed by atoms with Gasteiger partial charge in [-0.15, -0.1) is 0 Å². The second kappa shape index (κ2) is 11.5. The Hall–Kier alpha value is -2.87. The number of likely N-dealkylation sites (tertiary alicyclic amines) is 1. The molecule has 1 aromatic carbocycles. The zero-order chi connectivity index (χ0) is 25.8. The molecule has 0 spiro atoms. The minimum atomic E-state index is 0.153. The topological polar surface area (TPSA) is 87.8 Å². The third-order valence-electron chi connectivity index (χ3n) is 7.03. The molecule has 2 unspecified atom stereocenters. The molecule has 196 valence electrons. The number of imidazole rings is 1. The van der Waals surface area contributed by atoms with Crippen molar-refractivity contribution in [2.75, 3.05) is 19.7 Å². The van der Waals surface area contributed by atoms with Crippen molar-refractivity contribution >= 4 is 11.7 Å². The van der Waals surface area contributed by atoms with E-state index >= 15 is 0 Å². The van der Waals surface area contributed by atoms with Crippen LogP contribution in [0.3, 0.4) is 0 Å². The van der Waals surface area contributed by atoms with Gasteiger partial charge in [0.15, 0.2) is 5.84 Å². The molecule has 0 aliphatic carbocycles. The molecule has 1 saturated heterocycles. The molecule has 0 radical (unpaired) electrons. The Bertz CT molecular complexity index is 1090. The Morgan fingerprint density at radius 2 is 1.97 bits per heavy atom. The molecule has 3 heterocycles. The van der Waals surface area contributed by atoms with Gasteiger partial charge in [0.25, 0.3) is 0 Å². The van der Waals surface area contributed by atoms with Crippen molar-refractivity contribution in [1.82, 2.24) is 19.8 Å². The highest BCUT2D eigenvalue weighted by Gasteiger charge is 2.25. The first-order valence-corrected chi connectivity index (χ1v) is 13.4. The second-order valence-corrected chi connectivity index (χ2v) is 10.6. The van der Waals surface area contributed by atoms with Crippen LogP contribution < -0.4 is 14.8 Å². The van der Waals surface area contributed by atoms with Crippen LogP contribution in [-0.4, -0.2) is 64.0 Å². The van der Waals surface area contributed by atoms with Crippen LogP contribution in [0.1, 0.15) is 66.5 Å². The molecular weight excluding hydrogens is 452 g/mol. The first-order valence-electron chi connectivity index (χ1n) is 13.4. The molecule has 36 heavy (non-hydrogen) atoms. The SMILES string of the molecule is CC(=N)/N=C(\NC(C)C)c1cn2c(n1)-c1ccc(OC(C)C3CCCN(C(C)C)CC3)cc1OCC2. The van der Waals surface area contributed by atoms with Gasteiger partial charge >= 0.3 is 0 Å². The Labute approximate surface area is 215 Å². The summed E-state index contributed by atoms with van der Waals surface area (Å²) in [5, 5.41) is 11.2. The number of amidine groups is 2. The van der Waals surface area contributed by atoms with Gasteiger partial charge in [-0.3, -0.25) is 5.41 Å². The number of aromatic nitrogens is 2. The van der Waals surface area contributed by atoms with E-state index in [1.54, 1.807) is 6.92 Å². The van der Waals surface area contributed by atoms with Crippen molar-refractivity contribution in [2.45, 2.75) is 85.5 Å². The first kappa shape index (κ1) is 26.2. The highest BCUT2D eigenvalue weighted by molar-refractivity contribution is 6.04. The quantitative estimate of drug-likeness (QED) is 0.438. The maximum atomic E-state index is 7.83. The summed E-state index contributed by atoms with van der Waals surface area (Å²) < 4.78 is 14.7. The van der Waals surface area contributed by atoms with Crippen molar-refractivity contribution < 1.29 is 9.47 Å². The van der Waals surface area contributed by atoms with Gasteiger partial charge in [-0.1, -0.05) is 0 Å². The van der Waals surface area contributed by atoms with Crippen molar-refractivity contribution in [1.29, 1.82) is 5.41 Å². The molecule has 0 bridgehead atoms. The lowest BCUT2D eigenvalue weighted by Crippen LogP contribution is -2.32. The maximum Gasteiger partial charge on any atom is 0.155 e. The van der Waals surface area contributed by atoms with Gasteiger partial charge in [0, 0.05) is 24.3 Å². The van der Waals surface area contributed by atoms with Crippen LogP contribution in [0.2, 0.25) is 0 Å². The van der Waals surface area contributed by atoms with Gasteiger partial charge < -0.3 is 24.3 Å². The minimum Gasteiger partial charge on any atom is -0.491 e. The minimum absolute atomic E-state index is 0.153. The summed E-state index contributed by atoms with van der Waals surface area (Å²) in [6.45, 7) is 16.1. The summed E-state index contributed by atoms with van der Waals surface area (Å²) in [7, 11) is 0.